The molecule has 1 aromatic heterocycles. The molecule has 6 nitrogen and oxygen atoms in total. The summed E-state index contributed by atoms with van der Waals surface area (Å²) in [4.78, 5) is 11.9. The van der Waals surface area contributed by atoms with Crippen LogP contribution in [0.15, 0.2) is 30.3 Å². The van der Waals surface area contributed by atoms with E-state index in [2.05, 4.69) is 34.6 Å². The first kappa shape index (κ1) is 19.7. The summed E-state index contributed by atoms with van der Waals surface area (Å²) in [5.41, 5.74) is 2.52. The fourth-order valence-corrected chi connectivity index (χ4v) is 3.89. The van der Waals surface area contributed by atoms with Gasteiger partial charge < -0.3 is 15.5 Å². The molecule has 1 aromatic carbocycles. The highest BCUT2D eigenvalue weighted by atomic mass is 15.2. The van der Waals surface area contributed by atoms with E-state index in [1.807, 2.05) is 18.2 Å². The number of benzene rings is 1. The second-order valence-electron chi connectivity index (χ2n) is 8.25. The molecule has 2 aromatic rings. The summed E-state index contributed by atoms with van der Waals surface area (Å²) in [6.45, 7) is 5.36. The first-order chi connectivity index (χ1) is 14.2. The highest BCUT2D eigenvalue weighted by molar-refractivity contribution is 5.58. The van der Waals surface area contributed by atoms with E-state index in [4.69, 9.17) is 15.2 Å². The third-order valence-electron chi connectivity index (χ3n) is 5.66. The van der Waals surface area contributed by atoms with Crippen LogP contribution in [0.2, 0.25) is 0 Å². The van der Waals surface area contributed by atoms with E-state index < -0.39 is 0 Å². The van der Waals surface area contributed by atoms with Gasteiger partial charge in [-0.25, -0.2) is 4.98 Å². The van der Waals surface area contributed by atoms with E-state index in [1.54, 1.807) is 6.07 Å². The normalized spacial score (nSPS) is 19.0. The molecule has 6 heteroatoms. The van der Waals surface area contributed by atoms with Crippen molar-refractivity contribution in [2.45, 2.75) is 51.5 Å². The summed E-state index contributed by atoms with van der Waals surface area (Å²) in [5, 5.41) is 16.2. The third-order valence-corrected chi connectivity index (χ3v) is 5.66. The lowest BCUT2D eigenvalue weighted by Crippen LogP contribution is -2.46. The number of hydrogen-bond acceptors (Lipinski definition) is 6. The number of piperidine rings is 1. The topological polar surface area (TPSA) is 76.9 Å². The van der Waals surface area contributed by atoms with Crippen molar-refractivity contribution in [3.8, 4) is 6.07 Å². The number of nitrogens with zero attached hydrogens (tertiary/aromatic N) is 4. The minimum absolute atomic E-state index is 0.539. The molecule has 1 aliphatic carbocycles. The van der Waals surface area contributed by atoms with Gasteiger partial charge in [0.05, 0.1) is 11.6 Å². The summed E-state index contributed by atoms with van der Waals surface area (Å²) in [5.74, 6) is 2.51. The highest BCUT2D eigenvalue weighted by Crippen LogP contribution is 2.28. The van der Waals surface area contributed by atoms with Gasteiger partial charge in [-0.15, -0.1) is 0 Å². The van der Waals surface area contributed by atoms with Crippen LogP contribution < -0.4 is 15.5 Å². The second kappa shape index (κ2) is 9.23. The lowest BCUT2D eigenvalue weighted by Gasteiger charge is -2.34. The van der Waals surface area contributed by atoms with Gasteiger partial charge in [-0.3, -0.25) is 0 Å². The molecule has 0 bridgehead atoms. The van der Waals surface area contributed by atoms with Crippen LogP contribution in [0.25, 0.3) is 0 Å². The predicted molar refractivity (Wildman–Crippen MR) is 116 cm³/mol. The molecule has 0 amide bonds. The molecule has 2 aliphatic rings. The third kappa shape index (κ3) is 5.45. The van der Waals surface area contributed by atoms with Crippen molar-refractivity contribution in [1.82, 2.24) is 15.3 Å². The Kier molecular flexibility index (Phi) is 6.26. The Labute approximate surface area is 173 Å². The molecule has 2 fully saturated rings. The second-order valence-corrected chi connectivity index (χ2v) is 8.25. The van der Waals surface area contributed by atoms with Crippen LogP contribution in [0.1, 0.15) is 50.3 Å². The summed E-state index contributed by atoms with van der Waals surface area (Å²) < 4.78 is 0. The van der Waals surface area contributed by atoms with Crippen molar-refractivity contribution in [3.63, 3.8) is 0 Å². The van der Waals surface area contributed by atoms with Crippen LogP contribution in [-0.4, -0.2) is 35.6 Å². The summed E-state index contributed by atoms with van der Waals surface area (Å²) in [6.07, 6.45) is 7.17. The molecular formula is C23H30N6. The number of nitrogens with one attached hydrogen (secondary N) is 2. The van der Waals surface area contributed by atoms with Gasteiger partial charge in [-0.1, -0.05) is 19.4 Å². The molecule has 1 aliphatic heterocycles. The van der Waals surface area contributed by atoms with Crippen LogP contribution >= 0.6 is 0 Å². The molecule has 1 atom stereocenters. The lowest BCUT2D eigenvalue weighted by molar-refractivity contribution is 0.414. The van der Waals surface area contributed by atoms with E-state index in [0.717, 1.165) is 55.6 Å². The van der Waals surface area contributed by atoms with Crippen LogP contribution in [0, 0.1) is 17.2 Å². The van der Waals surface area contributed by atoms with Crippen LogP contribution in [0.4, 0.5) is 17.5 Å². The van der Waals surface area contributed by atoms with Gasteiger partial charge in [0, 0.05) is 36.6 Å². The highest BCUT2D eigenvalue weighted by Gasteiger charge is 2.25. The quantitative estimate of drug-likeness (QED) is 0.709. The fourth-order valence-electron chi connectivity index (χ4n) is 3.89. The van der Waals surface area contributed by atoms with Crippen LogP contribution in [0.5, 0.6) is 0 Å². The summed E-state index contributed by atoms with van der Waals surface area (Å²) in [7, 11) is 0. The summed E-state index contributed by atoms with van der Waals surface area (Å²) >= 11 is 0. The van der Waals surface area contributed by atoms with Gasteiger partial charge in [0.1, 0.15) is 5.82 Å². The molecule has 0 spiro atoms. The number of hydrogen-bond donors (Lipinski definition) is 2. The Balaban J connectivity index is 1.51. The standard InChI is InChI=1S/C23H30N6/c1-2-5-19-13-22(29-11-4-8-21(16-29)25-15-17-9-10-17)28-23(26-19)27-20-7-3-6-18(12-20)14-24/h3,6-7,12-13,17,21,25H,2,4-5,8-11,15-16H2,1H3,(H,26,27,28)/t21-/m1/s1. The maximum atomic E-state index is 9.14. The molecule has 0 radical (unpaired) electrons. The van der Waals surface area contributed by atoms with Gasteiger partial charge in [-0.2, -0.15) is 10.2 Å². The molecule has 1 saturated heterocycles. The zero-order valence-corrected chi connectivity index (χ0v) is 17.2. The minimum Gasteiger partial charge on any atom is -0.355 e. The van der Waals surface area contributed by atoms with Crippen molar-refractivity contribution in [1.29, 1.82) is 5.26 Å². The maximum Gasteiger partial charge on any atom is 0.229 e. The number of aryl methyl sites for hydroxylation is 1. The molecule has 29 heavy (non-hydrogen) atoms. The molecule has 2 heterocycles. The van der Waals surface area contributed by atoms with Crippen molar-refractivity contribution in [3.05, 3.63) is 41.6 Å². The maximum absolute atomic E-state index is 9.14. The van der Waals surface area contributed by atoms with Gasteiger partial charge in [0.25, 0.3) is 0 Å². The number of anilines is 3. The zero-order chi connectivity index (χ0) is 20.1. The Hall–Kier alpha value is -2.65. The average molecular weight is 391 g/mol. The average Bonchev–Trinajstić information content (AvgIpc) is 3.57. The molecule has 2 N–H and O–H groups in total. The first-order valence-corrected chi connectivity index (χ1v) is 10.9. The van der Waals surface area contributed by atoms with Crippen molar-refractivity contribution in [2.75, 3.05) is 29.9 Å². The summed E-state index contributed by atoms with van der Waals surface area (Å²) in [6, 6.07) is 12.3. The van der Waals surface area contributed by atoms with Crippen LogP contribution in [0.3, 0.4) is 0 Å². The number of rotatable bonds is 8. The molecule has 152 valence electrons. The SMILES string of the molecule is CCCc1cc(N2CCC[C@@H](NCC3CC3)C2)nc(Nc2cccc(C#N)c2)n1. The molecule has 1 saturated carbocycles. The Bertz CT molecular complexity index is 870. The van der Waals surface area contributed by atoms with E-state index in [9.17, 15) is 0 Å². The zero-order valence-electron chi connectivity index (χ0n) is 17.2. The Morgan fingerprint density at radius 3 is 2.90 bits per heavy atom. The van der Waals surface area contributed by atoms with E-state index in [1.165, 1.54) is 25.7 Å². The van der Waals surface area contributed by atoms with Gasteiger partial charge in [-0.05, 0) is 62.8 Å². The minimum atomic E-state index is 0.539. The van der Waals surface area contributed by atoms with Crippen LogP contribution in [-0.2, 0) is 6.42 Å². The van der Waals surface area contributed by atoms with Gasteiger partial charge >= 0.3 is 0 Å². The molecule has 0 unspecified atom stereocenters. The van der Waals surface area contributed by atoms with Crippen molar-refractivity contribution >= 4 is 17.5 Å². The van der Waals surface area contributed by atoms with Crippen molar-refractivity contribution in [2.24, 2.45) is 5.92 Å². The fraction of sp³-hybridized carbons (Fsp3) is 0.522. The van der Waals surface area contributed by atoms with Crippen molar-refractivity contribution < 1.29 is 0 Å². The number of nitriles is 1. The molecule has 4 rings (SSSR count). The van der Waals surface area contributed by atoms with E-state index in [-0.39, 0.29) is 0 Å². The number of aromatic nitrogens is 2. The van der Waals surface area contributed by atoms with Gasteiger partial charge in [0.2, 0.25) is 5.95 Å². The lowest BCUT2D eigenvalue weighted by atomic mass is 10.1. The van der Waals surface area contributed by atoms with Gasteiger partial charge in [0.15, 0.2) is 0 Å². The smallest absolute Gasteiger partial charge is 0.229 e. The molecular weight excluding hydrogens is 360 g/mol. The monoisotopic (exact) mass is 390 g/mol. The van der Waals surface area contributed by atoms with E-state index >= 15 is 0 Å². The predicted octanol–water partition coefficient (Wildman–Crippen LogP) is 4.01. The van der Waals surface area contributed by atoms with E-state index in [0.29, 0.717) is 17.6 Å². The first-order valence-electron chi connectivity index (χ1n) is 10.9. The largest absolute Gasteiger partial charge is 0.355 e. The Morgan fingerprint density at radius 2 is 2.10 bits per heavy atom. The Morgan fingerprint density at radius 1 is 1.21 bits per heavy atom.